The maximum atomic E-state index is 15.1. The molecule has 0 saturated heterocycles. The summed E-state index contributed by atoms with van der Waals surface area (Å²) < 4.78 is 0. The summed E-state index contributed by atoms with van der Waals surface area (Å²) in [6.07, 6.45) is 3.64. The second-order valence-corrected chi connectivity index (χ2v) is 37.1. The molecular weight excluding hydrogens is 1910 g/mol. The largest absolute Gasteiger partial charge is 0.508 e. The minimum atomic E-state index is -1.89. The number of aliphatic carboxylic acids is 1. The number of amides is 15. The maximum absolute atomic E-state index is 15.1. The Balaban J connectivity index is 1.65. The fourth-order valence-corrected chi connectivity index (χ4v) is 15.6. The number of aromatic hydroxyl groups is 2. The van der Waals surface area contributed by atoms with Crippen LogP contribution >= 0.6 is 0 Å². The normalized spacial score (nSPS) is 14.9. The molecule has 50 nitrogen and oxygen atoms in total. The number of para-hydroxylation sites is 1. The first kappa shape index (κ1) is 125. The number of nitrogens with two attached hydrogens (primary N) is 8. The second-order valence-electron chi connectivity index (χ2n) is 37.1. The number of carbonyl (C=O) groups excluding carboxylic acids is 15. The van der Waals surface area contributed by atoms with Gasteiger partial charge < -0.3 is 167 Å². The molecule has 15 amide bonds. The first-order valence-electron chi connectivity index (χ1n) is 50.1. The third-order valence-corrected chi connectivity index (χ3v) is 24.8. The molecule has 0 aliphatic rings. The zero-order chi connectivity index (χ0) is 110. The number of fused-ring (bicyclic) bond motifs is 1. The smallest absolute Gasteiger partial charge is 0.326 e. The molecular formula is C97H160N30O20. The van der Waals surface area contributed by atoms with Gasteiger partial charge in [-0.15, -0.1) is 0 Å². The fraction of sp³-hybridized carbons (Fsp3) is 0.598. The molecule has 0 saturated carbocycles. The Hall–Kier alpha value is -14.1. The van der Waals surface area contributed by atoms with Gasteiger partial charge in [0.25, 0.3) is 0 Å². The highest BCUT2D eigenvalue weighted by Gasteiger charge is 2.41. The quantitative estimate of drug-likeness (QED) is 0.0112. The highest BCUT2D eigenvalue weighted by Crippen LogP contribution is 2.23. The number of unbranched alkanes of at least 4 members (excludes halogenated alkanes) is 4. The number of benzene rings is 3. The average molecular weight is 2070 g/mol. The van der Waals surface area contributed by atoms with E-state index in [1.807, 2.05) is 0 Å². The maximum Gasteiger partial charge on any atom is 0.326 e. The van der Waals surface area contributed by atoms with E-state index in [2.05, 4.69) is 101 Å². The summed E-state index contributed by atoms with van der Waals surface area (Å²) in [5, 5.41) is 112. The van der Waals surface area contributed by atoms with E-state index in [9.17, 15) is 87.5 Å². The van der Waals surface area contributed by atoms with Crippen molar-refractivity contribution in [1.82, 2.24) is 101 Å². The van der Waals surface area contributed by atoms with Crippen molar-refractivity contribution in [3.63, 3.8) is 0 Å². The van der Waals surface area contributed by atoms with Crippen LogP contribution in [0.4, 0.5) is 0 Å². The average Bonchev–Trinajstić information content (AvgIpc) is 1.67. The summed E-state index contributed by atoms with van der Waals surface area (Å²) in [7, 11) is 0. The van der Waals surface area contributed by atoms with Gasteiger partial charge in [0, 0.05) is 49.6 Å². The lowest BCUT2D eigenvalue weighted by molar-refractivity contribution is -0.142. The van der Waals surface area contributed by atoms with E-state index in [1.165, 1.54) is 50.2 Å². The lowest BCUT2D eigenvalue weighted by Crippen LogP contribution is -2.62. The van der Waals surface area contributed by atoms with Crippen molar-refractivity contribution in [1.29, 1.82) is 16.2 Å². The van der Waals surface area contributed by atoms with Crippen molar-refractivity contribution in [2.75, 3.05) is 52.4 Å². The molecule has 1 aromatic heterocycles. The molecule has 818 valence electrons. The Morgan fingerprint density at radius 2 is 0.626 bits per heavy atom. The summed E-state index contributed by atoms with van der Waals surface area (Å²) in [5.41, 5.74) is 48.7. The van der Waals surface area contributed by atoms with Crippen LogP contribution in [0.25, 0.3) is 10.9 Å². The van der Waals surface area contributed by atoms with Crippen molar-refractivity contribution in [2.45, 2.75) is 300 Å². The fourth-order valence-electron chi connectivity index (χ4n) is 15.6. The van der Waals surface area contributed by atoms with Crippen LogP contribution in [-0.2, 0) is 96.0 Å². The summed E-state index contributed by atoms with van der Waals surface area (Å²) in [4.78, 5) is 234. The lowest BCUT2D eigenvalue weighted by Gasteiger charge is -2.31. The number of hydrogen-bond acceptors (Lipinski definition) is 27. The summed E-state index contributed by atoms with van der Waals surface area (Å²) in [6, 6.07) is -4.55. The molecule has 18 atom stereocenters. The van der Waals surface area contributed by atoms with Crippen LogP contribution < -0.4 is 142 Å². The Kier molecular flexibility index (Phi) is 56.9. The SMILES string of the molecule is CC[C@H](C)[C@H](NC(=O)[C@H](CCCCN)NC(=O)[C@H](Cc1ccc(O)cc1)NC(=O)[C@@H](NC(=O)[C@@H](NC(=O)[C@@H](N)Cc1ccc(O)cc1)[C@@H](C)CC)C(C)C)C(=O)N[C@@H](CCCNC(=N)N)C(=O)N[C@@H](CO)C(=O)N[C@@H](C)C(=O)N[C@@H](CCCNC(=N)N)C(=O)N[C@@H](CCCCN)C(=O)N[C@@H](CCCNC(=N)N)C(=O)N[C@@H](Cc1c[nH]c2ccccc12)C(=O)N[C@@H](CCCCN)C(=O)N[C@@H](C)C(=O)N[C@@H](CCCCN)C(=O)O. The minimum absolute atomic E-state index is 0.00444. The van der Waals surface area contributed by atoms with Gasteiger partial charge in [0.15, 0.2) is 17.9 Å². The molecule has 0 spiro atoms. The van der Waals surface area contributed by atoms with E-state index in [1.54, 1.807) is 84.1 Å². The summed E-state index contributed by atoms with van der Waals surface area (Å²) >= 11 is 0. The van der Waals surface area contributed by atoms with Crippen LogP contribution in [0.2, 0.25) is 0 Å². The number of rotatable bonds is 71. The van der Waals surface area contributed by atoms with Gasteiger partial charge in [-0.25, -0.2) is 4.79 Å². The van der Waals surface area contributed by atoms with E-state index >= 15 is 9.59 Å². The van der Waals surface area contributed by atoms with Crippen molar-refractivity contribution in [2.24, 2.45) is 63.6 Å². The second kappa shape index (κ2) is 66.8. The molecule has 0 radical (unpaired) electrons. The highest BCUT2D eigenvalue weighted by atomic mass is 16.4. The summed E-state index contributed by atoms with van der Waals surface area (Å²) in [5.74, 6) is -18.4. The molecule has 4 aromatic rings. The molecule has 0 aliphatic carbocycles. The number of H-pyrrole nitrogens is 1. The number of phenols is 2. The monoisotopic (exact) mass is 2070 g/mol. The number of aliphatic hydroxyl groups excluding tert-OH is 1. The van der Waals surface area contributed by atoms with E-state index in [0.29, 0.717) is 72.7 Å². The zero-order valence-electron chi connectivity index (χ0n) is 85.3. The van der Waals surface area contributed by atoms with E-state index in [0.717, 1.165) is 0 Å². The summed E-state index contributed by atoms with van der Waals surface area (Å²) in [6.45, 7) is 12.2. The van der Waals surface area contributed by atoms with Crippen LogP contribution in [0.15, 0.2) is 79.0 Å². The van der Waals surface area contributed by atoms with Crippen LogP contribution in [0, 0.1) is 34.0 Å². The van der Waals surface area contributed by atoms with E-state index in [4.69, 9.17) is 62.1 Å². The molecule has 0 bridgehead atoms. The first-order valence-corrected chi connectivity index (χ1v) is 50.1. The van der Waals surface area contributed by atoms with Gasteiger partial charge in [0.2, 0.25) is 88.6 Å². The zero-order valence-corrected chi connectivity index (χ0v) is 85.3. The van der Waals surface area contributed by atoms with Crippen LogP contribution in [0.5, 0.6) is 11.5 Å². The minimum Gasteiger partial charge on any atom is -0.508 e. The van der Waals surface area contributed by atoms with Gasteiger partial charge >= 0.3 is 5.97 Å². The molecule has 0 fully saturated rings. The number of aromatic amines is 1. The molecule has 147 heavy (non-hydrogen) atoms. The molecule has 0 aliphatic heterocycles. The Bertz CT molecular complexity index is 4940. The molecule has 0 unspecified atom stereocenters. The number of carbonyl (C=O) groups is 16. The van der Waals surface area contributed by atoms with Gasteiger partial charge in [0.05, 0.1) is 12.6 Å². The van der Waals surface area contributed by atoms with Crippen molar-refractivity contribution < 1.29 is 97.1 Å². The van der Waals surface area contributed by atoms with Crippen LogP contribution in [-0.4, -0.2) is 287 Å². The van der Waals surface area contributed by atoms with Crippen molar-refractivity contribution in [3.05, 3.63) is 95.7 Å². The van der Waals surface area contributed by atoms with Gasteiger partial charge in [-0.2, -0.15) is 0 Å². The third kappa shape index (κ3) is 45.6. The third-order valence-electron chi connectivity index (χ3n) is 24.8. The predicted octanol–water partition coefficient (Wildman–Crippen LogP) is -4.62. The van der Waals surface area contributed by atoms with Gasteiger partial charge in [-0.1, -0.05) is 96.8 Å². The van der Waals surface area contributed by atoms with Crippen molar-refractivity contribution in [3.8, 4) is 11.5 Å². The molecule has 4 rings (SSSR count). The number of phenolic OH excluding ortho intramolecular Hbond substituents is 2. The van der Waals surface area contributed by atoms with Crippen LogP contribution in [0.3, 0.4) is 0 Å². The Morgan fingerprint density at radius 3 is 1.01 bits per heavy atom. The van der Waals surface area contributed by atoms with Gasteiger partial charge in [-0.05, 0) is 227 Å². The number of carboxylic acid groups (broad SMARTS) is 1. The van der Waals surface area contributed by atoms with Crippen molar-refractivity contribution >= 4 is 123 Å². The number of carboxylic acids is 1. The van der Waals surface area contributed by atoms with E-state index < -0.39 is 233 Å². The first-order chi connectivity index (χ1) is 69.8. The number of hydrogen-bond donors (Lipinski definition) is 34. The number of aliphatic hydroxyl groups is 1. The van der Waals surface area contributed by atoms with Gasteiger partial charge in [-0.3, -0.25) is 88.1 Å². The topological polar surface area (TPSA) is 866 Å². The van der Waals surface area contributed by atoms with E-state index in [-0.39, 0.29) is 160 Å². The number of guanidine groups is 3. The highest BCUT2D eigenvalue weighted by molar-refractivity contribution is 6.02. The number of nitrogens with one attached hydrogen (secondary N) is 22. The number of aromatic nitrogens is 1. The molecule has 3 aromatic carbocycles. The van der Waals surface area contributed by atoms with Gasteiger partial charge in [0.1, 0.15) is 102 Å². The molecule has 1 heterocycles. The standard InChI is InChI=1S/C97H160N30O20/c1-9-54(5)77(127-87(139)68(28-15-19-43-100)119-88(140)73(49-59-35-39-62(130)40-36-59)123-91(143)76(53(3)4)125-93(145)78(55(6)10-2)126-81(133)64(102)48-58-33-37-61(129)38-34-58)92(144)120-71(32-23-47-111-97(107)108)86(138)124-75(52-128)90(142)114-56(7)79(131)115-69(30-21-45-109-95(103)104)84(136)116-67(27-14-18-42-99)83(135)117-70(31-22-46-110-96(105)106)85(137)122-74(50-60-51-112-65-25-12-11-24-63(60)65)89(141)118-66(26-13-17-41-98)82(134)113-57(8)80(132)121-72(94(146)147)29-16-20-44-101/h11-12,24-25,33-40,51,53-57,64,66-78,112,128-130H,9-10,13-23,26-32,41-50,52,98-102H2,1-8H3,(H,113,134)(H,114,142)(H,115,131)(H,116,136)(H,117,135)(H,118,141)(H,119,140)(H,120,144)(H,121,132)(H,122,137)(H,123,143)(H,124,138)(H,125,145)(H,126,133)(H,127,139)(H,146,147)(H4,103,104,109)(H4,105,106,110)(H4,107,108,111)/t54-,55-,56-,57-,64-,66-,67-,68-,69-,70-,71-,72-,73-,74-,75-,76-,77-,78-/m0/s1. The Labute approximate surface area is 856 Å². The molecule has 42 N–H and O–H groups in total. The Morgan fingerprint density at radius 1 is 0.333 bits per heavy atom. The molecule has 50 heteroatoms. The predicted molar refractivity (Wildman–Crippen MR) is 551 cm³/mol. The lowest BCUT2D eigenvalue weighted by atomic mass is 9.95. The van der Waals surface area contributed by atoms with Crippen LogP contribution in [0.1, 0.15) is 200 Å².